The largest absolute Gasteiger partial charge is 0.490 e. The number of carbonyl (C=O) groups excluding carboxylic acids is 1. The lowest BCUT2D eigenvalue weighted by atomic mass is 9.99. The summed E-state index contributed by atoms with van der Waals surface area (Å²) < 4.78 is 29.6. The van der Waals surface area contributed by atoms with Gasteiger partial charge in [-0.1, -0.05) is 23.7 Å². The molecule has 2 aromatic rings. The van der Waals surface area contributed by atoms with Crippen molar-refractivity contribution in [1.29, 1.82) is 0 Å². The maximum atomic E-state index is 13.2. The highest BCUT2D eigenvalue weighted by Crippen LogP contribution is 2.30. The van der Waals surface area contributed by atoms with E-state index in [1.54, 1.807) is 11.0 Å². The molecular weight excluding hydrogens is 386 g/mol. The van der Waals surface area contributed by atoms with E-state index in [2.05, 4.69) is 0 Å². The first-order chi connectivity index (χ1) is 12.7. The van der Waals surface area contributed by atoms with E-state index in [-0.39, 0.29) is 22.5 Å². The molecule has 7 heteroatoms. The average Bonchev–Trinajstić information content (AvgIpc) is 2.60. The maximum Gasteiger partial charge on any atom is 0.257 e. The van der Waals surface area contributed by atoms with Crippen LogP contribution in [0.1, 0.15) is 35.3 Å². The smallest absolute Gasteiger partial charge is 0.257 e. The predicted octanol–water partition coefficient (Wildman–Crippen LogP) is 3.73. The Morgan fingerprint density at radius 2 is 1.96 bits per heavy atom. The van der Waals surface area contributed by atoms with Crippen molar-refractivity contribution in [2.45, 2.75) is 37.8 Å². The fourth-order valence-corrected chi connectivity index (χ4v) is 4.05. The molecule has 3 rings (SSSR count). The summed E-state index contributed by atoms with van der Waals surface area (Å²) in [5.74, 6) is 0.120. The molecule has 1 aliphatic rings. The van der Waals surface area contributed by atoms with Gasteiger partial charge in [0.2, 0.25) is 0 Å². The summed E-state index contributed by atoms with van der Waals surface area (Å²) in [7, 11) is -3.44. The number of ether oxygens (including phenoxy) is 1. The fourth-order valence-electron chi connectivity index (χ4n) is 3.15. The van der Waals surface area contributed by atoms with Crippen molar-refractivity contribution in [2.75, 3.05) is 12.8 Å². The molecule has 0 radical (unpaired) electrons. The van der Waals surface area contributed by atoms with Gasteiger partial charge in [-0.3, -0.25) is 4.79 Å². The number of amides is 1. The summed E-state index contributed by atoms with van der Waals surface area (Å²) in [4.78, 5) is 15.0. The molecule has 144 valence electrons. The van der Waals surface area contributed by atoms with Crippen molar-refractivity contribution in [3.8, 4) is 5.75 Å². The summed E-state index contributed by atoms with van der Waals surface area (Å²) in [6.45, 7) is 4.64. The van der Waals surface area contributed by atoms with E-state index in [4.69, 9.17) is 16.3 Å². The zero-order chi connectivity index (χ0) is 19.8. The predicted molar refractivity (Wildman–Crippen MR) is 105 cm³/mol. The number of carbonyl (C=O) groups is 1. The van der Waals surface area contributed by atoms with Gasteiger partial charge in [0.25, 0.3) is 5.91 Å². The molecule has 27 heavy (non-hydrogen) atoms. The Morgan fingerprint density at radius 1 is 1.22 bits per heavy atom. The van der Waals surface area contributed by atoms with Crippen molar-refractivity contribution in [3.63, 3.8) is 0 Å². The lowest BCUT2D eigenvalue weighted by Gasteiger charge is -2.30. The molecule has 1 aliphatic heterocycles. The van der Waals surface area contributed by atoms with Crippen molar-refractivity contribution in [1.82, 2.24) is 4.90 Å². The molecule has 0 fully saturated rings. The van der Waals surface area contributed by atoms with E-state index in [9.17, 15) is 13.2 Å². The molecule has 1 heterocycles. The summed E-state index contributed by atoms with van der Waals surface area (Å²) >= 11 is 6.30. The van der Waals surface area contributed by atoms with Crippen LogP contribution in [-0.4, -0.2) is 38.1 Å². The number of rotatable bonds is 4. The van der Waals surface area contributed by atoms with Gasteiger partial charge in [-0.05, 0) is 55.7 Å². The Labute approximate surface area is 164 Å². The monoisotopic (exact) mass is 407 g/mol. The first-order valence-corrected chi connectivity index (χ1v) is 11.0. The Hall–Kier alpha value is -2.05. The third-order valence-electron chi connectivity index (χ3n) is 4.48. The van der Waals surface area contributed by atoms with Crippen molar-refractivity contribution < 1.29 is 17.9 Å². The standard InChI is InChI=1S/C20H22ClNO4S/c1-13(2)26-19-8-7-15(27(3,24)25)11-16(19)20(23)22-10-9-14-5-4-6-18(21)17(14)12-22/h4-8,11,13H,9-10,12H2,1-3H3. The summed E-state index contributed by atoms with van der Waals surface area (Å²) in [5.41, 5.74) is 2.32. The minimum absolute atomic E-state index is 0.0948. The average molecular weight is 408 g/mol. The number of nitrogens with zero attached hydrogens (tertiary/aromatic N) is 1. The van der Waals surface area contributed by atoms with Gasteiger partial charge < -0.3 is 9.64 Å². The number of sulfone groups is 1. The van der Waals surface area contributed by atoms with Crippen molar-refractivity contribution in [3.05, 3.63) is 58.1 Å². The lowest BCUT2D eigenvalue weighted by molar-refractivity contribution is 0.0728. The highest BCUT2D eigenvalue weighted by atomic mass is 35.5. The van der Waals surface area contributed by atoms with Gasteiger partial charge in [0.05, 0.1) is 16.6 Å². The molecule has 0 unspecified atom stereocenters. The van der Waals surface area contributed by atoms with Crippen LogP contribution in [0.15, 0.2) is 41.3 Å². The highest BCUT2D eigenvalue weighted by molar-refractivity contribution is 7.90. The highest BCUT2D eigenvalue weighted by Gasteiger charge is 2.26. The minimum atomic E-state index is -3.44. The van der Waals surface area contributed by atoms with E-state index in [0.29, 0.717) is 30.3 Å². The summed E-state index contributed by atoms with van der Waals surface area (Å²) in [6.07, 6.45) is 1.68. The van der Waals surface area contributed by atoms with Crippen LogP contribution in [0.25, 0.3) is 0 Å². The first-order valence-electron chi connectivity index (χ1n) is 8.73. The second-order valence-electron chi connectivity index (χ2n) is 6.95. The molecule has 0 N–H and O–H groups in total. The van der Waals surface area contributed by atoms with Crippen LogP contribution in [0, 0.1) is 0 Å². The van der Waals surface area contributed by atoms with Crippen LogP contribution in [0.5, 0.6) is 5.75 Å². The van der Waals surface area contributed by atoms with Crippen LogP contribution in [0.3, 0.4) is 0 Å². The third kappa shape index (κ3) is 4.28. The number of fused-ring (bicyclic) bond motifs is 1. The normalized spacial score (nSPS) is 14.2. The lowest BCUT2D eigenvalue weighted by Crippen LogP contribution is -2.36. The molecule has 0 atom stereocenters. The second-order valence-corrected chi connectivity index (χ2v) is 9.37. The molecular formula is C20H22ClNO4S. The van der Waals surface area contributed by atoms with Gasteiger partial charge >= 0.3 is 0 Å². The molecule has 0 saturated heterocycles. The first kappa shape index (κ1) is 19.7. The zero-order valence-electron chi connectivity index (χ0n) is 15.5. The van der Waals surface area contributed by atoms with E-state index in [0.717, 1.165) is 17.4 Å². The molecule has 0 saturated carbocycles. The quantitative estimate of drug-likeness (QED) is 0.774. The Kier molecular flexibility index (Phi) is 5.49. The Balaban J connectivity index is 1.99. The molecule has 0 bridgehead atoms. The zero-order valence-corrected chi connectivity index (χ0v) is 17.1. The van der Waals surface area contributed by atoms with Gasteiger partial charge in [0, 0.05) is 24.4 Å². The topological polar surface area (TPSA) is 63.7 Å². The van der Waals surface area contributed by atoms with Gasteiger partial charge in [0.1, 0.15) is 5.75 Å². The number of hydrogen-bond acceptors (Lipinski definition) is 4. The van der Waals surface area contributed by atoms with Crippen LogP contribution in [-0.2, 0) is 22.8 Å². The molecule has 0 aliphatic carbocycles. The molecule has 1 amide bonds. The minimum Gasteiger partial charge on any atom is -0.490 e. The molecule has 0 spiro atoms. The van der Waals surface area contributed by atoms with E-state index in [1.807, 2.05) is 32.0 Å². The summed E-state index contributed by atoms with van der Waals surface area (Å²) in [6, 6.07) is 10.1. The van der Waals surface area contributed by atoms with Crippen LogP contribution in [0.2, 0.25) is 5.02 Å². The van der Waals surface area contributed by atoms with Gasteiger partial charge in [-0.15, -0.1) is 0 Å². The number of benzene rings is 2. The van der Waals surface area contributed by atoms with E-state index < -0.39 is 9.84 Å². The second kappa shape index (κ2) is 7.52. The van der Waals surface area contributed by atoms with E-state index >= 15 is 0 Å². The van der Waals surface area contributed by atoms with Gasteiger partial charge in [0.15, 0.2) is 9.84 Å². The van der Waals surface area contributed by atoms with Gasteiger partial charge in [-0.25, -0.2) is 8.42 Å². The summed E-state index contributed by atoms with van der Waals surface area (Å²) in [5, 5.41) is 0.633. The van der Waals surface area contributed by atoms with Gasteiger partial charge in [-0.2, -0.15) is 0 Å². The molecule has 2 aromatic carbocycles. The molecule has 5 nitrogen and oxygen atoms in total. The number of hydrogen-bond donors (Lipinski definition) is 0. The van der Waals surface area contributed by atoms with Crippen molar-refractivity contribution in [2.24, 2.45) is 0 Å². The van der Waals surface area contributed by atoms with E-state index in [1.165, 1.54) is 12.1 Å². The Morgan fingerprint density at radius 3 is 2.63 bits per heavy atom. The maximum absolute atomic E-state index is 13.2. The molecule has 0 aromatic heterocycles. The SMILES string of the molecule is CC(C)Oc1ccc(S(C)(=O)=O)cc1C(=O)N1CCc2cccc(Cl)c2C1. The third-order valence-corrected chi connectivity index (χ3v) is 5.94. The number of halogens is 1. The Bertz CT molecular complexity index is 985. The van der Waals surface area contributed by atoms with Crippen LogP contribution >= 0.6 is 11.6 Å². The van der Waals surface area contributed by atoms with Crippen LogP contribution < -0.4 is 4.74 Å². The van der Waals surface area contributed by atoms with Crippen LogP contribution in [0.4, 0.5) is 0 Å². The van der Waals surface area contributed by atoms with Crippen molar-refractivity contribution >= 4 is 27.3 Å². The fraction of sp³-hybridized carbons (Fsp3) is 0.350.